The Labute approximate surface area is 103 Å². The van der Waals surface area contributed by atoms with E-state index in [4.69, 9.17) is 9.47 Å². The number of ether oxygens (including phenoxy) is 2. The molecule has 0 bridgehead atoms. The van der Waals surface area contributed by atoms with Gasteiger partial charge in [-0.1, -0.05) is 13.0 Å². The van der Waals surface area contributed by atoms with E-state index in [-0.39, 0.29) is 0 Å². The molecule has 1 aromatic heterocycles. The third-order valence-electron chi connectivity index (χ3n) is 2.33. The van der Waals surface area contributed by atoms with Gasteiger partial charge in [-0.3, -0.25) is 0 Å². The molecule has 0 amide bonds. The van der Waals surface area contributed by atoms with Gasteiger partial charge in [0.1, 0.15) is 0 Å². The highest BCUT2D eigenvalue weighted by Crippen LogP contribution is 2.05. The summed E-state index contributed by atoms with van der Waals surface area (Å²) < 4.78 is 10.4. The Bertz CT molecular complexity index is 288. The molecule has 0 radical (unpaired) electrons. The lowest BCUT2D eigenvalue weighted by Crippen LogP contribution is -2.16. The van der Waals surface area contributed by atoms with Crippen molar-refractivity contribution in [1.82, 2.24) is 10.3 Å². The van der Waals surface area contributed by atoms with Crippen LogP contribution in [-0.2, 0) is 11.3 Å². The number of aromatic nitrogens is 1. The molecule has 0 saturated carbocycles. The summed E-state index contributed by atoms with van der Waals surface area (Å²) in [5, 5.41) is 3.36. The molecule has 0 fully saturated rings. The number of hydrogen-bond donors (Lipinski definition) is 1. The molecule has 0 spiro atoms. The van der Waals surface area contributed by atoms with Crippen molar-refractivity contribution in [2.24, 2.45) is 0 Å². The summed E-state index contributed by atoms with van der Waals surface area (Å²) in [6.45, 7) is 5.62. The Morgan fingerprint density at radius 2 is 2.18 bits per heavy atom. The van der Waals surface area contributed by atoms with Crippen molar-refractivity contribution >= 4 is 0 Å². The first-order chi connectivity index (χ1) is 8.36. The fourth-order valence-electron chi connectivity index (χ4n) is 1.41. The van der Waals surface area contributed by atoms with Crippen molar-refractivity contribution in [3.8, 4) is 5.88 Å². The number of hydrogen-bond acceptors (Lipinski definition) is 4. The Morgan fingerprint density at radius 3 is 2.82 bits per heavy atom. The van der Waals surface area contributed by atoms with E-state index in [1.54, 1.807) is 7.11 Å². The predicted molar refractivity (Wildman–Crippen MR) is 68.2 cm³/mol. The van der Waals surface area contributed by atoms with E-state index in [0.29, 0.717) is 5.88 Å². The zero-order chi connectivity index (χ0) is 12.3. The number of nitrogens with one attached hydrogen (secondary N) is 1. The highest BCUT2D eigenvalue weighted by Gasteiger charge is 1.95. The molecular weight excluding hydrogens is 216 g/mol. The molecule has 0 aliphatic carbocycles. The molecule has 17 heavy (non-hydrogen) atoms. The fraction of sp³-hybridized carbons (Fsp3) is 0.615. The van der Waals surface area contributed by atoms with E-state index < -0.39 is 0 Å². The van der Waals surface area contributed by atoms with Gasteiger partial charge < -0.3 is 14.8 Å². The number of rotatable bonds is 9. The van der Waals surface area contributed by atoms with Crippen molar-refractivity contribution in [3.63, 3.8) is 0 Å². The second-order valence-corrected chi connectivity index (χ2v) is 3.85. The van der Waals surface area contributed by atoms with Crippen LogP contribution in [0.25, 0.3) is 0 Å². The molecule has 4 heteroatoms. The molecule has 0 saturated heterocycles. The van der Waals surface area contributed by atoms with Gasteiger partial charge in [-0.2, -0.15) is 0 Å². The molecule has 0 atom stereocenters. The summed E-state index contributed by atoms with van der Waals surface area (Å²) in [6, 6.07) is 3.90. The largest absolute Gasteiger partial charge is 0.481 e. The van der Waals surface area contributed by atoms with E-state index in [1.165, 1.54) is 5.56 Å². The van der Waals surface area contributed by atoms with Crippen molar-refractivity contribution < 1.29 is 9.47 Å². The minimum Gasteiger partial charge on any atom is -0.481 e. The van der Waals surface area contributed by atoms with E-state index in [9.17, 15) is 0 Å². The highest BCUT2D eigenvalue weighted by atomic mass is 16.5. The number of pyridine rings is 1. The normalized spacial score (nSPS) is 10.5. The molecule has 1 heterocycles. The molecule has 0 unspecified atom stereocenters. The van der Waals surface area contributed by atoms with Crippen LogP contribution in [0.3, 0.4) is 0 Å². The van der Waals surface area contributed by atoms with E-state index in [0.717, 1.165) is 39.1 Å². The van der Waals surface area contributed by atoms with Gasteiger partial charge in [0.15, 0.2) is 0 Å². The molecule has 4 nitrogen and oxygen atoms in total. The first-order valence-corrected chi connectivity index (χ1v) is 6.14. The van der Waals surface area contributed by atoms with Gasteiger partial charge in [0, 0.05) is 32.0 Å². The molecule has 0 aliphatic rings. The highest BCUT2D eigenvalue weighted by molar-refractivity contribution is 5.17. The van der Waals surface area contributed by atoms with Crippen LogP contribution in [0.15, 0.2) is 18.3 Å². The minimum atomic E-state index is 0.654. The smallest absolute Gasteiger partial charge is 0.212 e. The lowest BCUT2D eigenvalue weighted by atomic mass is 10.3. The van der Waals surface area contributed by atoms with Crippen molar-refractivity contribution in [2.45, 2.75) is 26.3 Å². The van der Waals surface area contributed by atoms with Crippen LogP contribution in [0, 0.1) is 0 Å². The zero-order valence-electron chi connectivity index (χ0n) is 10.7. The van der Waals surface area contributed by atoms with E-state index in [2.05, 4.69) is 17.2 Å². The Morgan fingerprint density at radius 1 is 1.29 bits per heavy atom. The van der Waals surface area contributed by atoms with Crippen LogP contribution in [0.4, 0.5) is 0 Å². The SMILES string of the molecule is CCCOCCCNCc1ccc(OC)nc1. The summed E-state index contributed by atoms with van der Waals surface area (Å²) >= 11 is 0. The summed E-state index contributed by atoms with van der Waals surface area (Å²) in [5.74, 6) is 0.654. The van der Waals surface area contributed by atoms with Gasteiger partial charge in [0.05, 0.1) is 7.11 Å². The molecular formula is C13H22N2O2. The van der Waals surface area contributed by atoms with Crippen molar-refractivity contribution in [2.75, 3.05) is 26.9 Å². The van der Waals surface area contributed by atoms with Crippen LogP contribution < -0.4 is 10.1 Å². The topological polar surface area (TPSA) is 43.4 Å². The van der Waals surface area contributed by atoms with Gasteiger partial charge in [-0.05, 0) is 24.9 Å². The molecule has 96 valence electrons. The summed E-state index contributed by atoms with van der Waals surface area (Å²) in [5.41, 5.74) is 1.17. The van der Waals surface area contributed by atoms with Gasteiger partial charge in [-0.25, -0.2) is 4.98 Å². The van der Waals surface area contributed by atoms with Gasteiger partial charge >= 0.3 is 0 Å². The molecule has 0 aromatic carbocycles. The van der Waals surface area contributed by atoms with Crippen LogP contribution >= 0.6 is 0 Å². The third kappa shape index (κ3) is 6.24. The van der Waals surface area contributed by atoms with Crippen LogP contribution in [-0.4, -0.2) is 31.9 Å². The molecule has 1 N–H and O–H groups in total. The maximum atomic E-state index is 5.40. The Kier molecular flexibility index (Phi) is 7.34. The monoisotopic (exact) mass is 238 g/mol. The summed E-state index contributed by atoms with van der Waals surface area (Å²) in [7, 11) is 1.62. The fourth-order valence-corrected chi connectivity index (χ4v) is 1.41. The zero-order valence-corrected chi connectivity index (χ0v) is 10.7. The van der Waals surface area contributed by atoms with E-state index >= 15 is 0 Å². The third-order valence-corrected chi connectivity index (χ3v) is 2.33. The standard InChI is InChI=1S/C13H22N2O2/c1-3-8-17-9-4-7-14-10-12-5-6-13(16-2)15-11-12/h5-6,11,14H,3-4,7-10H2,1-2H3. The minimum absolute atomic E-state index is 0.654. The molecule has 1 rings (SSSR count). The molecule has 1 aromatic rings. The van der Waals surface area contributed by atoms with Crippen LogP contribution in [0.5, 0.6) is 5.88 Å². The van der Waals surface area contributed by atoms with Gasteiger partial charge in [0.2, 0.25) is 5.88 Å². The first kappa shape index (κ1) is 13.9. The van der Waals surface area contributed by atoms with Crippen molar-refractivity contribution in [1.29, 1.82) is 0 Å². The second-order valence-electron chi connectivity index (χ2n) is 3.85. The van der Waals surface area contributed by atoms with Crippen molar-refractivity contribution in [3.05, 3.63) is 23.9 Å². The van der Waals surface area contributed by atoms with Crippen LogP contribution in [0.2, 0.25) is 0 Å². The summed E-state index contributed by atoms with van der Waals surface area (Å²) in [6.07, 6.45) is 3.97. The van der Waals surface area contributed by atoms with E-state index in [1.807, 2.05) is 18.3 Å². The quantitative estimate of drug-likeness (QED) is 0.668. The maximum Gasteiger partial charge on any atom is 0.212 e. The lowest BCUT2D eigenvalue weighted by Gasteiger charge is -2.06. The first-order valence-electron chi connectivity index (χ1n) is 6.14. The Hall–Kier alpha value is -1.13. The number of nitrogens with zero attached hydrogens (tertiary/aromatic N) is 1. The summed E-state index contributed by atoms with van der Waals surface area (Å²) in [4.78, 5) is 4.15. The van der Waals surface area contributed by atoms with Crippen LogP contribution in [0.1, 0.15) is 25.3 Å². The maximum absolute atomic E-state index is 5.40. The van der Waals surface area contributed by atoms with Gasteiger partial charge in [-0.15, -0.1) is 0 Å². The Balaban J connectivity index is 2.05. The predicted octanol–water partition coefficient (Wildman–Crippen LogP) is 2.00. The molecule has 0 aliphatic heterocycles. The average molecular weight is 238 g/mol. The number of methoxy groups -OCH3 is 1. The lowest BCUT2D eigenvalue weighted by molar-refractivity contribution is 0.132. The van der Waals surface area contributed by atoms with Gasteiger partial charge in [0.25, 0.3) is 0 Å². The average Bonchev–Trinajstić information content (AvgIpc) is 2.38. The second kappa shape index (κ2) is 8.96.